The van der Waals surface area contributed by atoms with Crippen molar-refractivity contribution in [3.8, 4) is 0 Å². The summed E-state index contributed by atoms with van der Waals surface area (Å²) in [6.45, 7) is 0. The van der Waals surface area contributed by atoms with Gasteiger partial charge in [0.15, 0.2) is 0 Å². The van der Waals surface area contributed by atoms with Crippen molar-refractivity contribution in [2.75, 3.05) is 0 Å². The molecule has 19 heavy (non-hydrogen) atoms. The van der Waals surface area contributed by atoms with Crippen LogP contribution in [0.2, 0.25) is 0 Å². The average Bonchev–Trinajstić information content (AvgIpc) is 2.69. The maximum absolute atomic E-state index is 13.6. The standard InChI is InChI=1S/C14H11F2N3/c1-19-13-7-10(15)8-17-14(13)12(18-19)6-9-4-2-3-5-11(9)16/h2-5,7-8H,6H2,1H3. The van der Waals surface area contributed by atoms with Gasteiger partial charge < -0.3 is 0 Å². The lowest BCUT2D eigenvalue weighted by atomic mass is 10.1. The zero-order valence-corrected chi connectivity index (χ0v) is 10.3. The molecule has 5 heteroatoms. The predicted octanol–water partition coefficient (Wildman–Crippen LogP) is 2.84. The summed E-state index contributed by atoms with van der Waals surface area (Å²) in [7, 11) is 1.72. The molecule has 0 aliphatic heterocycles. The fraction of sp³-hybridized carbons (Fsp3) is 0.143. The summed E-state index contributed by atoms with van der Waals surface area (Å²) < 4.78 is 28.3. The molecule has 3 rings (SSSR count). The van der Waals surface area contributed by atoms with Gasteiger partial charge in [0, 0.05) is 19.5 Å². The van der Waals surface area contributed by atoms with E-state index in [0.29, 0.717) is 28.7 Å². The lowest BCUT2D eigenvalue weighted by molar-refractivity contribution is 0.612. The Morgan fingerprint density at radius 3 is 2.79 bits per heavy atom. The Kier molecular flexibility index (Phi) is 2.74. The Morgan fingerprint density at radius 2 is 2.00 bits per heavy atom. The minimum atomic E-state index is -0.409. The average molecular weight is 259 g/mol. The molecule has 0 saturated carbocycles. The number of rotatable bonds is 2. The molecule has 0 spiro atoms. The number of hydrogen-bond acceptors (Lipinski definition) is 2. The van der Waals surface area contributed by atoms with Crippen molar-refractivity contribution in [3.63, 3.8) is 0 Å². The molecule has 0 N–H and O–H groups in total. The van der Waals surface area contributed by atoms with Gasteiger partial charge in [0.25, 0.3) is 0 Å². The number of aromatic nitrogens is 3. The molecule has 0 bridgehead atoms. The first-order valence-electron chi connectivity index (χ1n) is 5.85. The largest absolute Gasteiger partial charge is 0.266 e. The van der Waals surface area contributed by atoms with Gasteiger partial charge in [-0.25, -0.2) is 13.8 Å². The number of hydrogen-bond donors (Lipinski definition) is 0. The molecule has 0 aliphatic rings. The Morgan fingerprint density at radius 1 is 1.21 bits per heavy atom. The first-order valence-corrected chi connectivity index (χ1v) is 5.85. The summed E-state index contributed by atoms with van der Waals surface area (Å²) >= 11 is 0. The summed E-state index contributed by atoms with van der Waals surface area (Å²) in [6, 6.07) is 7.91. The second-order valence-corrected chi connectivity index (χ2v) is 4.36. The van der Waals surface area contributed by atoms with E-state index in [-0.39, 0.29) is 5.82 Å². The summed E-state index contributed by atoms with van der Waals surface area (Å²) in [6.07, 6.45) is 1.48. The Balaban J connectivity index is 2.09. The Hall–Kier alpha value is -2.30. The lowest BCUT2D eigenvalue weighted by Crippen LogP contribution is -1.95. The molecule has 0 aliphatic carbocycles. The van der Waals surface area contributed by atoms with Gasteiger partial charge in [-0.3, -0.25) is 4.68 Å². The molecule has 0 saturated heterocycles. The van der Waals surface area contributed by atoms with Crippen LogP contribution in [0.25, 0.3) is 11.0 Å². The third kappa shape index (κ3) is 2.07. The number of halogens is 2. The molecule has 0 unspecified atom stereocenters. The quantitative estimate of drug-likeness (QED) is 0.708. The molecule has 0 atom stereocenters. The summed E-state index contributed by atoms with van der Waals surface area (Å²) in [5.74, 6) is -0.684. The smallest absolute Gasteiger partial charge is 0.143 e. The number of fused-ring (bicyclic) bond motifs is 1. The second-order valence-electron chi connectivity index (χ2n) is 4.36. The van der Waals surface area contributed by atoms with Crippen LogP contribution in [0.15, 0.2) is 36.5 Å². The van der Waals surface area contributed by atoms with Gasteiger partial charge in [-0.2, -0.15) is 5.10 Å². The molecular formula is C14H11F2N3. The van der Waals surface area contributed by atoms with E-state index in [2.05, 4.69) is 10.1 Å². The first-order chi connectivity index (χ1) is 9.15. The molecule has 0 amide bonds. The third-order valence-corrected chi connectivity index (χ3v) is 3.04. The molecular weight excluding hydrogens is 248 g/mol. The Labute approximate surface area is 108 Å². The van der Waals surface area contributed by atoms with Gasteiger partial charge in [0.05, 0.1) is 17.4 Å². The molecule has 3 aromatic rings. The van der Waals surface area contributed by atoms with Gasteiger partial charge in [-0.1, -0.05) is 18.2 Å². The second kappa shape index (κ2) is 4.42. The van der Waals surface area contributed by atoms with E-state index in [9.17, 15) is 8.78 Å². The van der Waals surface area contributed by atoms with Crippen molar-refractivity contribution in [2.24, 2.45) is 7.05 Å². The molecule has 1 aromatic carbocycles. The van der Waals surface area contributed by atoms with Crippen LogP contribution in [0.5, 0.6) is 0 Å². The van der Waals surface area contributed by atoms with Crippen LogP contribution >= 0.6 is 0 Å². The normalized spacial score (nSPS) is 11.1. The van der Waals surface area contributed by atoms with E-state index in [1.165, 1.54) is 12.1 Å². The van der Waals surface area contributed by atoms with Gasteiger partial charge in [-0.05, 0) is 11.6 Å². The van der Waals surface area contributed by atoms with Crippen molar-refractivity contribution in [1.29, 1.82) is 0 Å². The fourth-order valence-corrected chi connectivity index (χ4v) is 2.12. The van der Waals surface area contributed by atoms with Crippen LogP contribution < -0.4 is 0 Å². The SMILES string of the molecule is Cn1nc(Cc2ccccc2F)c2ncc(F)cc21. The topological polar surface area (TPSA) is 30.7 Å². The summed E-state index contributed by atoms with van der Waals surface area (Å²) in [4.78, 5) is 4.05. The summed E-state index contributed by atoms with van der Waals surface area (Å²) in [5, 5.41) is 4.29. The minimum absolute atomic E-state index is 0.275. The molecule has 0 fully saturated rings. The minimum Gasteiger partial charge on any atom is -0.266 e. The van der Waals surface area contributed by atoms with Crippen molar-refractivity contribution >= 4 is 11.0 Å². The van der Waals surface area contributed by atoms with Gasteiger partial charge in [-0.15, -0.1) is 0 Å². The van der Waals surface area contributed by atoms with Crippen LogP contribution in [0, 0.1) is 11.6 Å². The van der Waals surface area contributed by atoms with E-state index >= 15 is 0 Å². The maximum Gasteiger partial charge on any atom is 0.143 e. The molecule has 0 radical (unpaired) electrons. The first kappa shape index (κ1) is 11.8. The van der Waals surface area contributed by atoms with Gasteiger partial charge >= 0.3 is 0 Å². The van der Waals surface area contributed by atoms with E-state index < -0.39 is 5.82 Å². The van der Waals surface area contributed by atoms with Crippen molar-refractivity contribution in [3.05, 3.63) is 59.4 Å². The molecule has 3 nitrogen and oxygen atoms in total. The molecule has 96 valence electrons. The highest BCUT2D eigenvalue weighted by Gasteiger charge is 2.13. The van der Waals surface area contributed by atoms with Crippen LogP contribution in [-0.4, -0.2) is 14.8 Å². The predicted molar refractivity (Wildman–Crippen MR) is 67.7 cm³/mol. The highest BCUT2D eigenvalue weighted by molar-refractivity contribution is 5.77. The van der Waals surface area contributed by atoms with Gasteiger partial charge in [0.2, 0.25) is 0 Å². The fourth-order valence-electron chi connectivity index (χ4n) is 2.12. The van der Waals surface area contributed by atoms with Gasteiger partial charge in [0.1, 0.15) is 17.2 Å². The Bertz CT molecular complexity index is 750. The van der Waals surface area contributed by atoms with Crippen LogP contribution in [0.3, 0.4) is 0 Å². The number of nitrogens with zero attached hydrogens (tertiary/aromatic N) is 3. The maximum atomic E-state index is 13.6. The highest BCUT2D eigenvalue weighted by atomic mass is 19.1. The number of pyridine rings is 1. The van der Waals surface area contributed by atoms with Crippen LogP contribution in [0.1, 0.15) is 11.3 Å². The summed E-state index contributed by atoms with van der Waals surface area (Å²) in [5.41, 5.74) is 2.40. The molecule has 2 aromatic heterocycles. The zero-order valence-electron chi connectivity index (χ0n) is 10.3. The lowest BCUT2D eigenvalue weighted by Gasteiger charge is -2.00. The van der Waals surface area contributed by atoms with Crippen molar-refractivity contribution in [2.45, 2.75) is 6.42 Å². The van der Waals surface area contributed by atoms with Crippen molar-refractivity contribution in [1.82, 2.24) is 14.8 Å². The highest BCUT2D eigenvalue weighted by Crippen LogP contribution is 2.20. The van der Waals surface area contributed by atoms with E-state index in [4.69, 9.17) is 0 Å². The van der Waals surface area contributed by atoms with E-state index in [1.54, 1.807) is 29.9 Å². The van der Waals surface area contributed by atoms with Crippen molar-refractivity contribution < 1.29 is 8.78 Å². The third-order valence-electron chi connectivity index (χ3n) is 3.04. The number of aryl methyl sites for hydroxylation is 1. The van der Waals surface area contributed by atoms with Crippen LogP contribution in [-0.2, 0) is 13.5 Å². The molecule has 2 heterocycles. The number of benzene rings is 1. The monoisotopic (exact) mass is 259 g/mol. The van der Waals surface area contributed by atoms with E-state index in [1.807, 2.05) is 0 Å². The van der Waals surface area contributed by atoms with Crippen LogP contribution in [0.4, 0.5) is 8.78 Å². The van der Waals surface area contributed by atoms with E-state index in [0.717, 1.165) is 6.20 Å². The zero-order chi connectivity index (χ0) is 13.4.